The van der Waals surface area contributed by atoms with Crippen LogP contribution in [0.2, 0.25) is 0 Å². The van der Waals surface area contributed by atoms with E-state index in [0.29, 0.717) is 5.13 Å². The molecule has 17 heavy (non-hydrogen) atoms. The zero-order chi connectivity index (χ0) is 12.3. The number of nitrogens with one attached hydrogen (secondary N) is 2. The molecule has 0 unspecified atom stereocenters. The van der Waals surface area contributed by atoms with Crippen molar-refractivity contribution in [3.05, 3.63) is 23.2 Å². The first-order valence-corrected chi connectivity index (χ1v) is 6.62. The van der Waals surface area contributed by atoms with Gasteiger partial charge in [0.2, 0.25) is 0 Å². The van der Waals surface area contributed by atoms with Crippen molar-refractivity contribution in [3.8, 4) is 0 Å². The van der Waals surface area contributed by atoms with Gasteiger partial charge in [-0.05, 0) is 32.6 Å². The Hall–Kier alpha value is -1.36. The molecule has 1 fully saturated rings. The van der Waals surface area contributed by atoms with E-state index in [0.717, 1.165) is 30.6 Å². The highest BCUT2D eigenvalue weighted by atomic mass is 32.1. The summed E-state index contributed by atoms with van der Waals surface area (Å²) >= 11 is 1.48. The van der Waals surface area contributed by atoms with Crippen LogP contribution in [0.3, 0.4) is 0 Å². The van der Waals surface area contributed by atoms with Gasteiger partial charge in [-0.1, -0.05) is 12.2 Å². The number of hydrogen-bond acceptors (Lipinski definition) is 3. The lowest BCUT2D eigenvalue weighted by molar-refractivity contribution is 0.246. The van der Waals surface area contributed by atoms with E-state index in [1.807, 2.05) is 6.92 Å². The molecule has 1 aromatic heterocycles. The molecule has 92 valence electrons. The Bertz CT molecular complexity index is 417. The fourth-order valence-corrected chi connectivity index (χ4v) is 2.56. The summed E-state index contributed by atoms with van der Waals surface area (Å²) in [6.07, 6.45) is 5.76. The number of anilines is 1. The van der Waals surface area contributed by atoms with Crippen LogP contribution in [-0.4, -0.2) is 17.1 Å². The van der Waals surface area contributed by atoms with Crippen LogP contribution >= 0.6 is 11.3 Å². The summed E-state index contributed by atoms with van der Waals surface area (Å²) < 4.78 is 0. The number of rotatable bonds is 2. The zero-order valence-electron chi connectivity index (χ0n) is 9.95. The number of carbonyl (C=O) groups is 1. The summed E-state index contributed by atoms with van der Waals surface area (Å²) in [5.41, 5.74) is 1.29. The standard InChI is InChI=1S/C12H17N3OS/c1-8-3-5-10(6-4-8)14-11(16)15-12-13-7-9(2)17-12/h7,10H,1,3-6H2,2H3,(H2,13,14,15,16). The molecule has 0 atom stereocenters. The van der Waals surface area contributed by atoms with Crippen LogP contribution in [0.25, 0.3) is 0 Å². The Morgan fingerprint density at radius 3 is 2.82 bits per heavy atom. The number of nitrogens with zero attached hydrogens (tertiary/aromatic N) is 1. The average molecular weight is 251 g/mol. The highest BCUT2D eigenvalue weighted by Crippen LogP contribution is 2.22. The van der Waals surface area contributed by atoms with Gasteiger partial charge in [-0.3, -0.25) is 5.32 Å². The molecule has 4 nitrogen and oxygen atoms in total. The quantitative estimate of drug-likeness (QED) is 0.794. The van der Waals surface area contributed by atoms with E-state index >= 15 is 0 Å². The van der Waals surface area contributed by atoms with Crippen molar-refractivity contribution in [1.29, 1.82) is 0 Å². The Labute approximate surface area is 105 Å². The highest BCUT2D eigenvalue weighted by Gasteiger charge is 2.17. The van der Waals surface area contributed by atoms with Gasteiger partial charge in [0, 0.05) is 17.1 Å². The molecule has 1 aliphatic carbocycles. The zero-order valence-corrected chi connectivity index (χ0v) is 10.8. The third-order valence-corrected chi connectivity index (χ3v) is 3.70. The Morgan fingerprint density at radius 2 is 2.24 bits per heavy atom. The lowest BCUT2D eigenvalue weighted by Crippen LogP contribution is -2.39. The Kier molecular flexibility index (Phi) is 3.78. The number of allylic oxidation sites excluding steroid dienone is 1. The normalized spacial score (nSPS) is 16.9. The number of amides is 2. The average Bonchev–Trinajstić information content (AvgIpc) is 2.67. The van der Waals surface area contributed by atoms with Crippen molar-refractivity contribution in [1.82, 2.24) is 10.3 Å². The monoisotopic (exact) mass is 251 g/mol. The van der Waals surface area contributed by atoms with E-state index in [2.05, 4.69) is 22.2 Å². The molecule has 0 bridgehead atoms. The summed E-state index contributed by atoms with van der Waals surface area (Å²) in [7, 11) is 0. The first kappa shape index (κ1) is 12.1. The van der Waals surface area contributed by atoms with Gasteiger partial charge in [-0.25, -0.2) is 9.78 Å². The maximum Gasteiger partial charge on any atom is 0.321 e. The van der Waals surface area contributed by atoms with E-state index in [1.54, 1.807) is 6.20 Å². The number of carbonyl (C=O) groups excluding carboxylic acids is 1. The molecular weight excluding hydrogens is 234 g/mol. The van der Waals surface area contributed by atoms with Crippen molar-refractivity contribution in [2.45, 2.75) is 38.6 Å². The maximum absolute atomic E-state index is 11.7. The predicted octanol–water partition coefficient (Wildman–Crippen LogP) is 3.07. The molecule has 1 aliphatic rings. The third-order valence-electron chi connectivity index (χ3n) is 2.87. The molecule has 2 amide bonds. The Balaban J connectivity index is 1.79. The Morgan fingerprint density at radius 1 is 1.53 bits per heavy atom. The van der Waals surface area contributed by atoms with Crippen LogP contribution in [0, 0.1) is 6.92 Å². The van der Waals surface area contributed by atoms with Crippen molar-refractivity contribution in [2.75, 3.05) is 5.32 Å². The van der Waals surface area contributed by atoms with Gasteiger partial charge >= 0.3 is 6.03 Å². The van der Waals surface area contributed by atoms with E-state index in [4.69, 9.17) is 0 Å². The number of urea groups is 1. The van der Waals surface area contributed by atoms with E-state index in [1.165, 1.54) is 16.9 Å². The fourth-order valence-electron chi connectivity index (χ4n) is 1.90. The number of aromatic nitrogens is 1. The number of thiazole rings is 1. The van der Waals surface area contributed by atoms with Crippen LogP contribution in [0.5, 0.6) is 0 Å². The van der Waals surface area contributed by atoms with Crippen molar-refractivity contribution in [2.24, 2.45) is 0 Å². The summed E-state index contributed by atoms with van der Waals surface area (Å²) in [6, 6.07) is 0.110. The van der Waals surface area contributed by atoms with Crippen LogP contribution in [0.4, 0.5) is 9.93 Å². The number of hydrogen-bond donors (Lipinski definition) is 2. The van der Waals surface area contributed by atoms with Gasteiger partial charge in [0.1, 0.15) is 0 Å². The molecule has 0 aliphatic heterocycles. The predicted molar refractivity (Wildman–Crippen MR) is 70.4 cm³/mol. The van der Waals surface area contributed by atoms with E-state index < -0.39 is 0 Å². The summed E-state index contributed by atoms with van der Waals surface area (Å²) in [6.45, 7) is 5.93. The van der Waals surface area contributed by atoms with E-state index in [-0.39, 0.29) is 12.1 Å². The van der Waals surface area contributed by atoms with Crippen molar-refractivity contribution >= 4 is 22.5 Å². The van der Waals surface area contributed by atoms with Gasteiger partial charge in [-0.15, -0.1) is 11.3 Å². The second kappa shape index (κ2) is 5.31. The first-order chi connectivity index (χ1) is 8.13. The van der Waals surface area contributed by atoms with Gasteiger partial charge in [0.25, 0.3) is 0 Å². The largest absolute Gasteiger partial charge is 0.335 e. The second-order valence-corrected chi connectivity index (χ2v) is 5.63. The van der Waals surface area contributed by atoms with E-state index in [9.17, 15) is 4.79 Å². The number of aryl methyl sites for hydroxylation is 1. The molecule has 1 heterocycles. The molecule has 2 N–H and O–H groups in total. The lowest BCUT2D eigenvalue weighted by atomic mass is 9.92. The topological polar surface area (TPSA) is 54.0 Å². The lowest BCUT2D eigenvalue weighted by Gasteiger charge is -2.24. The van der Waals surface area contributed by atoms with Crippen molar-refractivity contribution in [3.63, 3.8) is 0 Å². The smallest absolute Gasteiger partial charge is 0.321 e. The fraction of sp³-hybridized carbons (Fsp3) is 0.500. The first-order valence-electron chi connectivity index (χ1n) is 5.80. The summed E-state index contributed by atoms with van der Waals surface area (Å²) in [4.78, 5) is 16.9. The van der Waals surface area contributed by atoms with Crippen LogP contribution in [-0.2, 0) is 0 Å². The third kappa shape index (κ3) is 3.56. The highest BCUT2D eigenvalue weighted by molar-refractivity contribution is 7.15. The molecule has 5 heteroatoms. The van der Waals surface area contributed by atoms with Gasteiger partial charge in [-0.2, -0.15) is 0 Å². The minimum Gasteiger partial charge on any atom is -0.335 e. The summed E-state index contributed by atoms with van der Waals surface area (Å²) in [5, 5.41) is 6.38. The van der Waals surface area contributed by atoms with Gasteiger partial charge in [0.15, 0.2) is 5.13 Å². The molecule has 2 rings (SSSR count). The molecule has 0 aromatic carbocycles. The van der Waals surface area contributed by atoms with Gasteiger partial charge in [0.05, 0.1) is 0 Å². The maximum atomic E-state index is 11.7. The van der Waals surface area contributed by atoms with Crippen LogP contribution < -0.4 is 10.6 Å². The minimum atomic E-state index is -0.156. The van der Waals surface area contributed by atoms with Crippen molar-refractivity contribution < 1.29 is 4.79 Å². The SMILES string of the molecule is C=C1CCC(NC(=O)Nc2ncc(C)s2)CC1. The van der Waals surface area contributed by atoms with Crippen LogP contribution in [0.15, 0.2) is 18.3 Å². The molecule has 0 spiro atoms. The molecule has 1 aromatic rings. The molecular formula is C12H17N3OS. The molecule has 0 saturated heterocycles. The minimum absolute atomic E-state index is 0.156. The molecule has 0 radical (unpaired) electrons. The van der Waals surface area contributed by atoms with Crippen LogP contribution in [0.1, 0.15) is 30.6 Å². The molecule has 1 saturated carbocycles. The summed E-state index contributed by atoms with van der Waals surface area (Å²) in [5.74, 6) is 0. The second-order valence-electron chi connectivity index (χ2n) is 4.40. The van der Waals surface area contributed by atoms with Gasteiger partial charge < -0.3 is 5.32 Å².